The Hall–Kier alpha value is -1.00. The van der Waals surface area contributed by atoms with Crippen LogP contribution in [-0.2, 0) is 0 Å². The second kappa shape index (κ2) is 6.41. The molecule has 3 nitrogen and oxygen atoms in total. The van der Waals surface area contributed by atoms with Gasteiger partial charge in [0, 0.05) is 17.1 Å². The number of hydrogen-bond acceptors (Lipinski definition) is 3. The third-order valence-electron chi connectivity index (χ3n) is 4.21. The van der Waals surface area contributed by atoms with Gasteiger partial charge < -0.3 is 9.88 Å². The number of nitrogens with zero attached hydrogens (tertiary/aromatic N) is 2. The summed E-state index contributed by atoms with van der Waals surface area (Å²) in [5.41, 5.74) is 1.06. The van der Waals surface area contributed by atoms with Crippen molar-refractivity contribution < 1.29 is 0 Å². The number of aryl methyl sites for hydroxylation is 1. The van der Waals surface area contributed by atoms with E-state index in [0.29, 0.717) is 6.04 Å². The van der Waals surface area contributed by atoms with Gasteiger partial charge in [-0.15, -0.1) is 11.3 Å². The molecule has 1 aliphatic carbocycles. The van der Waals surface area contributed by atoms with Crippen LogP contribution in [0.15, 0.2) is 18.3 Å². The van der Waals surface area contributed by atoms with Crippen LogP contribution in [0.3, 0.4) is 0 Å². The highest BCUT2D eigenvalue weighted by atomic mass is 35.5. The van der Waals surface area contributed by atoms with Crippen molar-refractivity contribution >= 4 is 28.9 Å². The molecule has 0 bridgehead atoms. The van der Waals surface area contributed by atoms with Crippen molar-refractivity contribution in [1.82, 2.24) is 9.55 Å². The predicted octanol–water partition coefficient (Wildman–Crippen LogP) is 5.26. The van der Waals surface area contributed by atoms with Gasteiger partial charge in [0.05, 0.1) is 16.1 Å². The maximum Gasteiger partial charge on any atom is 0.203 e. The highest BCUT2D eigenvalue weighted by Crippen LogP contribution is 2.31. The summed E-state index contributed by atoms with van der Waals surface area (Å²) >= 11 is 7.71. The van der Waals surface area contributed by atoms with Gasteiger partial charge in [-0.2, -0.15) is 0 Å². The first-order valence-corrected chi connectivity index (χ1v) is 8.90. The maximum absolute atomic E-state index is 6.07. The number of rotatable bonds is 4. The van der Waals surface area contributed by atoms with E-state index in [4.69, 9.17) is 11.6 Å². The van der Waals surface area contributed by atoms with E-state index < -0.39 is 0 Å². The van der Waals surface area contributed by atoms with Crippen LogP contribution in [-0.4, -0.2) is 15.6 Å². The molecule has 1 saturated carbocycles. The minimum Gasteiger partial charge on any atom is -0.353 e. The number of hydrogen-bond donors (Lipinski definition) is 1. The molecule has 2 aromatic heterocycles. The molecule has 2 heterocycles. The Labute approximate surface area is 135 Å². The van der Waals surface area contributed by atoms with Crippen LogP contribution in [0.2, 0.25) is 4.34 Å². The van der Waals surface area contributed by atoms with Crippen molar-refractivity contribution in [2.24, 2.45) is 0 Å². The molecular weight excluding hydrogens is 302 g/mol. The Morgan fingerprint density at radius 1 is 1.33 bits per heavy atom. The average molecular weight is 324 g/mol. The first-order chi connectivity index (χ1) is 10.1. The van der Waals surface area contributed by atoms with Crippen molar-refractivity contribution in [2.45, 2.75) is 58.0 Å². The second-order valence-corrected chi connectivity index (χ2v) is 7.66. The highest BCUT2D eigenvalue weighted by Gasteiger charge is 2.19. The molecule has 5 heteroatoms. The Balaban J connectivity index is 1.81. The van der Waals surface area contributed by atoms with Gasteiger partial charge >= 0.3 is 0 Å². The largest absolute Gasteiger partial charge is 0.353 e. The number of nitrogens with one attached hydrogen (secondary N) is 1. The zero-order valence-electron chi connectivity index (χ0n) is 12.6. The summed E-state index contributed by atoms with van der Waals surface area (Å²) in [5, 5.41) is 3.65. The molecule has 0 aromatic carbocycles. The number of halogens is 1. The van der Waals surface area contributed by atoms with Crippen LogP contribution in [0.5, 0.6) is 0 Å². The first kappa shape index (κ1) is 14.9. The van der Waals surface area contributed by atoms with E-state index in [0.717, 1.165) is 16.0 Å². The molecule has 1 N–H and O–H groups in total. The summed E-state index contributed by atoms with van der Waals surface area (Å²) < 4.78 is 3.09. The van der Waals surface area contributed by atoms with Crippen molar-refractivity contribution in [3.05, 3.63) is 33.2 Å². The van der Waals surface area contributed by atoms with E-state index >= 15 is 0 Å². The van der Waals surface area contributed by atoms with E-state index in [-0.39, 0.29) is 6.04 Å². The highest BCUT2D eigenvalue weighted by molar-refractivity contribution is 7.16. The van der Waals surface area contributed by atoms with E-state index in [1.165, 1.54) is 37.0 Å². The molecule has 114 valence electrons. The minimum absolute atomic E-state index is 0.259. The van der Waals surface area contributed by atoms with Gasteiger partial charge in [-0.25, -0.2) is 4.98 Å². The zero-order chi connectivity index (χ0) is 14.8. The van der Waals surface area contributed by atoms with Crippen molar-refractivity contribution in [3.63, 3.8) is 0 Å². The van der Waals surface area contributed by atoms with Gasteiger partial charge in [0.25, 0.3) is 0 Å². The monoisotopic (exact) mass is 323 g/mol. The molecule has 0 amide bonds. The fraction of sp³-hybridized carbons (Fsp3) is 0.562. The van der Waals surface area contributed by atoms with E-state index in [9.17, 15) is 0 Å². The van der Waals surface area contributed by atoms with Crippen LogP contribution in [0, 0.1) is 6.92 Å². The van der Waals surface area contributed by atoms with Crippen LogP contribution >= 0.6 is 22.9 Å². The first-order valence-electron chi connectivity index (χ1n) is 7.71. The minimum atomic E-state index is 0.259. The summed E-state index contributed by atoms with van der Waals surface area (Å²) in [6, 6.07) is 4.90. The maximum atomic E-state index is 6.07. The van der Waals surface area contributed by atoms with Gasteiger partial charge in [0.15, 0.2) is 0 Å². The lowest BCUT2D eigenvalue weighted by molar-refractivity contribution is 0.458. The molecule has 3 rings (SSSR count). The normalized spacial score (nSPS) is 17.9. The third-order valence-corrected chi connectivity index (χ3v) is 5.62. The molecule has 0 radical (unpaired) electrons. The third kappa shape index (κ3) is 3.43. The molecule has 1 aliphatic rings. The van der Waals surface area contributed by atoms with Gasteiger partial charge in [-0.3, -0.25) is 0 Å². The van der Waals surface area contributed by atoms with Gasteiger partial charge in [0.2, 0.25) is 5.95 Å². The number of thiophene rings is 1. The summed E-state index contributed by atoms with van der Waals surface area (Å²) in [4.78, 5) is 5.95. The lowest BCUT2D eigenvalue weighted by Crippen LogP contribution is -2.24. The molecule has 1 fully saturated rings. The summed E-state index contributed by atoms with van der Waals surface area (Å²) in [6.45, 7) is 4.26. The Bertz CT molecular complexity index is 598. The van der Waals surface area contributed by atoms with E-state index in [1.807, 2.05) is 6.07 Å². The summed E-state index contributed by atoms with van der Waals surface area (Å²) in [5.74, 6) is 0.997. The molecule has 0 spiro atoms. The Kier molecular flexibility index (Phi) is 4.55. The van der Waals surface area contributed by atoms with Crippen molar-refractivity contribution in [3.8, 4) is 0 Å². The molecule has 0 aliphatic heterocycles. The topological polar surface area (TPSA) is 29.9 Å². The van der Waals surface area contributed by atoms with Crippen molar-refractivity contribution in [2.75, 3.05) is 5.32 Å². The lowest BCUT2D eigenvalue weighted by Gasteiger charge is -2.25. The Morgan fingerprint density at radius 2 is 2.10 bits per heavy atom. The number of imidazole rings is 1. The predicted molar refractivity (Wildman–Crippen MR) is 90.6 cm³/mol. The van der Waals surface area contributed by atoms with Crippen molar-refractivity contribution in [1.29, 1.82) is 0 Å². The van der Waals surface area contributed by atoms with Crippen LogP contribution in [0.1, 0.15) is 55.6 Å². The fourth-order valence-electron chi connectivity index (χ4n) is 3.04. The fourth-order valence-corrected chi connectivity index (χ4v) is 4.15. The average Bonchev–Trinajstić information content (AvgIpc) is 3.05. The summed E-state index contributed by atoms with van der Waals surface area (Å²) in [7, 11) is 0. The Morgan fingerprint density at radius 3 is 2.76 bits per heavy atom. The molecule has 21 heavy (non-hydrogen) atoms. The molecule has 2 aromatic rings. The zero-order valence-corrected chi connectivity index (χ0v) is 14.2. The number of aromatic nitrogens is 2. The number of anilines is 1. The van der Waals surface area contributed by atoms with Gasteiger partial charge in [-0.1, -0.05) is 30.9 Å². The smallest absolute Gasteiger partial charge is 0.203 e. The van der Waals surface area contributed by atoms with Crippen LogP contribution in [0.25, 0.3) is 0 Å². The van der Waals surface area contributed by atoms with Gasteiger partial charge in [-0.05, 0) is 38.8 Å². The van der Waals surface area contributed by atoms with E-state index in [1.54, 1.807) is 11.3 Å². The lowest BCUT2D eigenvalue weighted by atomic mass is 9.96. The molecule has 0 saturated heterocycles. The van der Waals surface area contributed by atoms with E-state index in [2.05, 4.69) is 41.0 Å². The van der Waals surface area contributed by atoms with Gasteiger partial charge in [0.1, 0.15) is 0 Å². The SMILES string of the molecule is Cc1cn(C(C)c2ccc(Cl)s2)c(NC2CCCCC2)n1. The quantitative estimate of drug-likeness (QED) is 0.831. The standard InChI is InChI=1S/C16H22ClN3S/c1-11-10-20(12(2)14-8-9-15(17)21-14)16(18-11)19-13-6-4-3-5-7-13/h8-10,12-13H,3-7H2,1-2H3,(H,18,19). The van der Waals surface area contributed by atoms with Crippen LogP contribution < -0.4 is 5.32 Å². The van der Waals surface area contributed by atoms with Crippen LogP contribution in [0.4, 0.5) is 5.95 Å². The molecule has 1 atom stereocenters. The molecular formula is C16H22ClN3S. The second-order valence-electron chi connectivity index (χ2n) is 5.91. The summed E-state index contributed by atoms with van der Waals surface area (Å²) in [6.07, 6.45) is 8.66. The molecule has 1 unspecified atom stereocenters.